The molecule has 1 saturated heterocycles. The van der Waals surface area contributed by atoms with E-state index in [-0.39, 0.29) is 25.9 Å². The number of aliphatic hydroxyl groups is 2. The molecule has 0 aliphatic carbocycles. The van der Waals surface area contributed by atoms with E-state index in [1.165, 1.54) is 51.4 Å². The summed E-state index contributed by atoms with van der Waals surface area (Å²) in [6, 6.07) is 0. The third-order valence-electron chi connectivity index (χ3n) is 12.9. The number of carboxylic acids is 1. The normalized spacial score (nSPS) is 18.8. The van der Waals surface area contributed by atoms with Crippen LogP contribution in [0.1, 0.15) is 226 Å². The fraction of sp³-hybridized carbons (Fsp3) is 0.662. The SMILES string of the molecule is CC/C=C\C/C=C\C/C=C\C/C=C\C/C=C\C/C=C\CCC(=O)OC1C(OCC(COC(=O)CCCCCCCCC/C=C\C/C=C\C/C=C\CC)OC(=O)CCCCCCCCCCCCC)OC(C(=O)O)C(O)C1O. The number of ether oxygens (including phenoxy) is 5. The number of carbonyl (C=O) groups excluding carboxylic acids is 3. The zero-order valence-corrected chi connectivity index (χ0v) is 47.9. The van der Waals surface area contributed by atoms with Crippen molar-refractivity contribution in [2.45, 2.75) is 263 Å². The van der Waals surface area contributed by atoms with Crippen molar-refractivity contribution in [3.05, 3.63) is 109 Å². The second-order valence-electron chi connectivity index (χ2n) is 19.9. The van der Waals surface area contributed by atoms with Gasteiger partial charge in [-0.2, -0.15) is 0 Å². The Morgan fingerprint density at radius 3 is 1.30 bits per heavy atom. The number of hydrogen-bond donors (Lipinski definition) is 3. The Bertz CT molecular complexity index is 1750. The number of allylic oxidation sites excluding steroid dienone is 18. The third-order valence-corrected chi connectivity index (χ3v) is 12.9. The van der Waals surface area contributed by atoms with Gasteiger partial charge in [-0.3, -0.25) is 14.4 Å². The molecule has 1 aliphatic heterocycles. The van der Waals surface area contributed by atoms with Gasteiger partial charge >= 0.3 is 23.9 Å². The van der Waals surface area contributed by atoms with Gasteiger partial charge in [0.1, 0.15) is 18.8 Å². The van der Waals surface area contributed by atoms with Crippen molar-refractivity contribution >= 4 is 23.9 Å². The minimum Gasteiger partial charge on any atom is -0.479 e. The monoisotopic (exact) mass is 1080 g/mol. The molecule has 1 rings (SSSR count). The predicted octanol–water partition coefficient (Wildman–Crippen LogP) is 15.4. The van der Waals surface area contributed by atoms with Crippen LogP contribution in [0.2, 0.25) is 0 Å². The summed E-state index contributed by atoms with van der Waals surface area (Å²) in [7, 11) is 0. The maximum absolute atomic E-state index is 13.1. The Hall–Kier alpha value is -4.62. The molecule has 0 spiro atoms. The smallest absolute Gasteiger partial charge is 0.335 e. The van der Waals surface area contributed by atoms with Gasteiger partial charge in [0.15, 0.2) is 24.6 Å². The molecule has 1 fully saturated rings. The Kier molecular flexibility index (Phi) is 47.6. The lowest BCUT2D eigenvalue weighted by atomic mass is 9.98. The molecule has 0 aromatic carbocycles. The molecule has 6 unspecified atom stereocenters. The maximum Gasteiger partial charge on any atom is 0.335 e. The van der Waals surface area contributed by atoms with E-state index in [0.29, 0.717) is 25.7 Å². The van der Waals surface area contributed by atoms with Gasteiger partial charge in [-0.25, -0.2) is 4.79 Å². The number of rotatable bonds is 49. The largest absolute Gasteiger partial charge is 0.479 e. The summed E-state index contributed by atoms with van der Waals surface area (Å²) < 4.78 is 28.3. The van der Waals surface area contributed by atoms with E-state index in [0.717, 1.165) is 109 Å². The lowest BCUT2D eigenvalue weighted by Crippen LogP contribution is -2.61. The van der Waals surface area contributed by atoms with E-state index < -0.39 is 67.3 Å². The zero-order chi connectivity index (χ0) is 56.1. The van der Waals surface area contributed by atoms with Crippen molar-refractivity contribution in [2.75, 3.05) is 13.2 Å². The summed E-state index contributed by atoms with van der Waals surface area (Å²) in [5.74, 6) is -3.25. The summed E-state index contributed by atoms with van der Waals surface area (Å²) in [6.45, 7) is 5.71. The standard InChI is InChI=1S/C65H104O12/c1-4-7-10-13-16-19-22-24-26-28-29-31-33-35-38-41-44-47-50-53-59(68)76-63-61(70)60(69)62(64(71)72)77-65(63)74-55-56(75-58(67)52-49-46-43-40-36-21-18-15-12-9-6-3)54-73-57(66)51-48-45-42-39-37-34-32-30-27-25-23-20-17-14-11-8-5-2/h7-8,10-11,16-17,19-20,24-27,29,31,35,38,44,47,56,60-63,65,69-70H,4-6,9,12-15,18,21-23,28,30,32-34,36-37,39-43,45-46,48-55H2,1-3H3,(H,71,72)/b10-7-,11-8-,19-16-,20-17-,26-24-,27-25-,31-29-,38-35-,47-44-. The molecule has 0 amide bonds. The van der Waals surface area contributed by atoms with Crippen molar-refractivity contribution in [2.24, 2.45) is 0 Å². The molecular weight excluding hydrogens is 973 g/mol. The molecular formula is C65H104O12. The summed E-state index contributed by atoms with van der Waals surface area (Å²) >= 11 is 0. The molecule has 12 heteroatoms. The van der Waals surface area contributed by atoms with Crippen molar-refractivity contribution in [3.63, 3.8) is 0 Å². The number of aliphatic carboxylic acids is 1. The lowest BCUT2D eigenvalue weighted by Gasteiger charge is -2.40. The van der Waals surface area contributed by atoms with Crippen LogP contribution in [0.3, 0.4) is 0 Å². The summed E-state index contributed by atoms with van der Waals surface area (Å²) in [5, 5.41) is 31.5. The summed E-state index contributed by atoms with van der Waals surface area (Å²) in [5.41, 5.74) is 0. The minimum absolute atomic E-state index is 0.0694. The van der Waals surface area contributed by atoms with Crippen molar-refractivity contribution in [1.29, 1.82) is 0 Å². The van der Waals surface area contributed by atoms with Crippen LogP contribution < -0.4 is 0 Å². The first-order valence-electron chi connectivity index (χ1n) is 29.9. The lowest BCUT2D eigenvalue weighted by molar-refractivity contribution is -0.301. The van der Waals surface area contributed by atoms with Crippen LogP contribution in [0.15, 0.2) is 109 Å². The van der Waals surface area contributed by atoms with Crippen molar-refractivity contribution in [1.82, 2.24) is 0 Å². The molecule has 1 aliphatic rings. The van der Waals surface area contributed by atoms with Gasteiger partial charge in [-0.1, -0.05) is 226 Å². The molecule has 0 radical (unpaired) electrons. The van der Waals surface area contributed by atoms with E-state index >= 15 is 0 Å². The molecule has 12 nitrogen and oxygen atoms in total. The number of hydrogen-bond acceptors (Lipinski definition) is 11. The molecule has 436 valence electrons. The summed E-state index contributed by atoms with van der Waals surface area (Å²) in [6.07, 6.45) is 57.8. The average Bonchev–Trinajstić information content (AvgIpc) is 3.42. The molecule has 0 aromatic rings. The molecule has 6 atom stereocenters. The van der Waals surface area contributed by atoms with E-state index in [1.54, 1.807) is 0 Å². The van der Waals surface area contributed by atoms with Gasteiger partial charge < -0.3 is 39.0 Å². The van der Waals surface area contributed by atoms with E-state index in [4.69, 9.17) is 23.7 Å². The van der Waals surface area contributed by atoms with E-state index in [2.05, 4.69) is 112 Å². The minimum atomic E-state index is -1.93. The summed E-state index contributed by atoms with van der Waals surface area (Å²) in [4.78, 5) is 51.1. The van der Waals surface area contributed by atoms with Crippen molar-refractivity contribution in [3.8, 4) is 0 Å². The van der Waals surface area contributed by atoms with E-state index in [9.17, 15) is 34.5 Å². The first kappa shape index (κ1) is 70.4. The molecule has 0 bridgehead atoms. The van der Waals surface area contributed by atoms with Crippen LogP contribution >= 0.6 is 0 Å². The van der Waals surface area contributed by atoms with E-state index in [1.807, 2.05) is 18.2 Å². The topological polar surface area (TPSA) is 175 Å². The van der Waals surface area contributed by atoms with Gasteiger partial charge in [-0.15, -0.1) is 0 Å². The first-order chi connectivity index (χ1) is 37.6. The molecule has 3 N–H and O–H groups in total. The number of esters is 3. The number of carboxylic acid groups (broad SMARTS) is 1. The highest BCUT2D eigenvalue weighted by Crippen LogP contribution is 2.26. The number of unbranched alkanes of at least 4 members (excludes halogenated alkanes) is 17. The Morgan fingerprint density at radius 1 is 0.442 bits per heavy atom. The molecule has 0 aromatic heterocycles. The molecule has 0 saturated carbocycles. The second-order valence-corrected chi connectivity index (χ2v) is 19.9. The highest BCUT2D eigenvalue weighted by Gasteiger charge is 2.50. The Balaban J connectivity index is 2.71. The van der Waals surface area contributed by atoms with Crippen LogP contribution in [0.4, 0.5) is 0 Å². The van der Waals surface area contributed by atoms with Crippen molar-refractivity contribution < 1.29 is 58.2 Å². The maximum atomic E-state index is 13.1. The van der Waals surface area contributed by atoms with Crippen LogP contribution in [0.25, 0.3) is 0 Å². The molecule has 77 heavy (non-hydrogen) atoms. The number of aliphatic hydroxyl groups excluding tert-OH is 2. The zero-order valence-electron chi connectivity index (χ0n) is 47.9. The van der Waals surface area contributed by atoms with Gasteiger partial charge in [0.05, 0.1) is 6.61 Å². The van der Waals surface area contributed by atoms with Crippen LogP contribution in [-0.4, -0.2) is 89.2 Å². The number of carbonyl (C=O) groups is 4. The predicted molar refractivity (Wildman–Crippen MR) is 312 cm³/mol. The van der Waals surface area contributed by atoms with Gasteiger partial charge in [0, 0.05) is 19.3 Å². The highest BCUT2D eigenvalue weighted by molar-refractivity contribution is 5.74. The van der Waals surface area contributed by atoms with Crippen LogP contribution in [0.5, 0.6) is 0 Å². The van der Waals surface area contributed by atoms with Gasteiger partial charge in [0.25, 0.3) is 0 Å². The Labute approximate surface area is 465 Å². The highest BCUT2D eigenvalue weighted by atomic mass is 16.7. The van der Waals surface area contributed by atoms with Gasteiger partial charge in [-0.05, 0) is 89.9 Å². The first-order valence-corrected chi connectivity index (χ1v) is 29.9. The fourth-order valence-corrected chi connectivity index (χ4v) is 8.35. The second kappa shape index (κ2) is 52.1. The average molecular weight is 1080 g/mol. The molecule has 1 heterocycles. The van der Waals surface area contributed by atoms with Crippen LogP contribution in [0, 0.1) is 0 Å². The fourth-order valence-electron chi connectivity index (χ4n) is 8.35. The van der Waals surface area contributed by atoms with Crippen LogP contribution in [-0.2, 0) is 42.9 Å². The van der Waals surface area contributed by atoms with Gasteiger partial charge in [0.2, 0.25) is 0 Å². The quantitative estimate of drug-likeness (QED) is 0.0228. The third kappa shape index (κ3) is 42.1. The Morgan fingerprint density at radius 2 is 0.844 bits per heavy atom.